The van der Waals surface area contributed by atoms with Gasteiger partial charge < -0.3 is 10.0 Å². The van der Waals surface area contributed by atoms with Crippen molar-refractivity contribution in [2.75, 3.05) is 18.0 Å². The normalized spacial score (nSPS) is 11.3. The molecule has 0 aliphatic heterocycles. The smallest absolute Gasteiger partial charge is 0.358 e. The number of carboxylic acids is 1. The van der Waals surface area contributed by atoms with Gasteiger partial charge in [0.25, 0.3) is 0 Å². The number of pyridine rings is 1. The number of carbonyl (C=O) groups is 1. The fourth-order valence-electron chi connectivity index (χ4n) is 2.80. The summed E-state index contributed by atoms with van der Waals surface area (Å²) in [6.45, 7) is 8.00. The first-order chi connectivity index (χ1) is 12.5. The van der Waals surface area contributed by atoms with Crippen LogP contribution in [0.4, 0.5) is 17.2 Å². The van der Waals surface area contributed by atoms with E-state index in [0.29, 0.717) is 11.3 Å². The van der Waals surface area contributed by atoms with Crippen molar-refractivity contribution in [1.82, 2.24) is 9.38 Å². The summed E-state index contributed by atoms with van der Waals surface area (Å²) >= 11 is 0. The number of aryl methyl sites for hydroxylation is 1. The molecule has 0 atom stereocenters. The van der Waals surface area contributed by atoms with Gasteiger partial charge in [-0.2, -0.15) is 0 Å². The van der Waals surface area contributed by atoms with Gasteiger partial charge in [0.05, 0.1) is 5.69 Å². The molecule has 3 rings (SSSR count). The lowest BCUT2D eigenvalue weighted by atomic mass is 10.2. The first-order valence-electron chi connectivity index (χ1n) is 8.52. The molecule has 26 heavy (non-hydrogen) atoms. The van der Waals surface area contributed by atoms with E-state index in [0.717, 1.165) is 24.3 Å². The standard InChI is InChI=1S/C19H21N5O2/c1-4-23(5-2)15-8-6-14(7-9-15)21-22-18-17(19(25)26)20-16-12-13(3)10-11-24(16)18/h6-12H,4-5H2,1-3H3,(H,25,26). The van der Waals surface area contributed by atoms with Crippen LogP contribution in [0, 0.1) is 6.92 Å². The third kappa shape index (κ3) is 3.42. The molecular formula is C19H21N5O2. The summed E-state index contributed by atoms with van der Waals surface area (Å²) in [4.78, 5) is 17.9. The molecule has 134 valence electrons. The third-order valence-corrected chi connectivity index (χ3v) is 4.20. The van der Waals surface area contributed by atoms with Crippen LogP contribution in [0.25, 0.3) is 5.65 Å². The number of nitrogens with zero attached hydrogens (tertiary/aromatic N) is 5. The summed E-state index contributed by atoms with van der Waals surface area (Å²) in [5.74, 6) is -0.919. The van der Waals surface area contributed by atoms with Gasteiger partial charge in [-0.3, -0.25) is 4.40 Å². The number of carboxylic acid groups (broad SMARTS) is 1. The van der Waals surface area contributed by atoms with Crippen LogP contribution < -0.4 is 4.90 Å². The van der Waals surface area contributed by atoms with Crippen molar-refractivity contribution in [1.29, 1.82) is 0 Å². The Morgan fingerprint density at radius 2 is 1.85 bits per heavy atom. The largest absolute Gasteiger partial charge is 0.476 e. The number of aromatic nitrogens is 2. The highest BCUT2D eigenvalue weighted by molar-refractivity contribution is 5.91. The van der Waals surface area contributed by atoms with Crippen LogP contribution in [0.3, 0.4) is 0 Å². The zero-order valence-electron chi connectivity index (χ0n) is 15.0. The number of imidazole rings is 1. The Bertz CT molecular complexity index is 956. The van der Waals surface area contributed by atoms with Crippen molar-refractivity contribution in [2.45, 2.75) is 20.8 Å². The SMILES string of the molecule is CCN(CC)c1ccc(N=Nc2c(C(=O)O)nc3cc(C)ccn23)cc1. The number of fused-ring (bicyclic) bond motifs is 1. The van der Waals surface area contributed by atoms with Gasteiger partial charge in [-0.25, -0.2) is 9.78 Å². The Kier molecular flexibility index (Phi) is 4.97. The molecule has 0 aliphatic rings. The van der Waals surface area contributed by atoms with E-state index in [1.54, 1.807) is 10.6 Å². The van der Waals surface area contributed by atoms with Crippen LogP contribution in [0.2, 0.25) is 0 Å². The lowest BCUT2D eigenvalue weighted by Gasteiger charge is -2.20. The van der Waals surface area contributed by atoms with Gasteiger partial charge in [0.1, 0.15) is 5.65 Å². The summed E-state index contributed by atoms with van der Waals surface area (Å²) < 4.78 is 1.63. The molecule has 0 aliphatic carbocycles. The molecule has 7 heteroatoms. The van der Waals surface area contributed by atoms with E-state index in [9.17, 15) is 9.90 Å². The maximum Gasteiger partial charge on any atom is 0.358 e. The quantitative estimate of drug-likeness (QED) is 0.658. The molecule has 0 radical (unpaired) electrons. The molecular weight excluding hydrogens is 330 g/mol. The Balaban J connectivity index is 1.95. The van der Waals surface area contributed by atoms with Gasteiger partial charge in [-0.15, -0.1) is 10.2 Å². The van der Waals surface area contributed by atoms with Crippen LogP contribution >= 0.6 is 0 Å². The van der Waals surface area contributed by atoms with E-state index in [-0.39, 0.29) is 11.5 Å². The van der Waals surface area contributed by atoms with Crippen LogP contribution in [0.5, 0.6) is 0 Å². The number of benzene rings is 1. The highest BCUT2D eigenvalue weighted by Gasteiger charge is 2.18. The van der Waals surface area contributed by atoms with Crippen molar-refractivity contribution in [2.24, 2.45) is 10.2 Å². The lowest BCUT2D eigenvalue weighted by molar-refractivity contribution is 0.0692. The minimum Gasteiger partial charge on any atom is -0.476 e. The second kappa shape index (κ2) is 7.35. The number of hydrogen-bond donors (Lipinski definition) is 1. The van der Waals surface area contributed by atoms with Crippen LogP contribution in [0.1, 0.15) is 29.9 Å². The van der Waals surface area contributed by atoms with Crippen molar-refractivity contribution >= 4 is 28.8 Å². The third-order valence-electron chi connectivity index (χ3n) is 4.20. The maximum atomic E-state index is 11.5. The Morgan fingerprint density at radius 3 is 2.46 bits per heavy atom. The van der Waals surface area contributed by atoms with Gasteiger partial charge >= 0.3 is 5.97 Å². The Hall–Kier alpha value is -3.22. The summed E-state index contributed by atoms with van der Waals surface area (Å²) in [6, 6.07) is 11.4. The molecule has 1 N–H and O–H groups in total. The molecule has 0 saturated heterocycles. The van der Waals surface area contributed by atoms with Crippen LogP contribution in [0.15, 0.2) is 52.8 Å². The first-order valence-corrected chi connectivity index (χ1v) is 8.52. The fraction of sp³-hybridized carbons (Fsp3) is 0.263. The highest BCUT2D eigenvalue weighted by atomic mass is 16.4. The van der Waals surface area contributed by atoms with Crippen LogP contribution in [-0.4, -0.2) is 33.6 Å². The second-order valence-electron chi connectivity index (χ2n) is 5.91. The second-order valence-corrected chi connectivity index (χ2v) is 5.91. The van der Waals surface area contributed by atoms with E-state index in [2.05, 4.69) is 34.0 Å². The van der Waals surface area contributed by atoms with Gasteiger partial charge in [-0.1, -0.05) is 0 Å². The van der Waals surface area contributed by atoms with E-state index in [1.165, 1.54) is 0 Å². The minimum atomic E-state index is -1.13. The fourth-order valence-corrected chi connectivity index (χ4v) is 2.80. The number of rotatable bonds is 6. The van der Waals surface area contributed by atoms with E-state index >= 15 is 0 Å². The van der Waals surface area contributed by atoms with Gasteiger partial charge in [0, 0.05) is 25.0 Å². The molecule has 0 unspecified atom stereocenters. The summed E-state index contributed by atoms with van der Waals surface area (Å²) in [5, 5.41) is 17.8. The molecule has 7 nitrogen and oxygen atoms in total. The van der Waals surface area contributed by atoms with E-state index in [4.69, 9.17) is 0 Å². The topological polar surface area (TPSA) is 82.6 Å². The van der Waals surface area contributed by atoms with Crippen molar-refractivity contribution in [3.05, 3.63) is 53.9 Å². The molecule has 1 aromatic carbocycles. The maximum absolute atomic E-state index is 11.5. The van der Waals surface area contributed by atoms with E-state index < -0.39 is 5.97 Å². The summed E-state index contributed by atoms with van der Waals surface area (Å²) in [7, 11) is 0. The van der Waals surface area contributed by atoms with E-state index in [1.807, 2.05) is 43.3 Å². The predicted octanol–water partition coefficient (Wildman–Crippen LogP) is 4.60. The Morgan fingerprint density at radius 1 is 1.15 bits per heavy atom. The Labute approximate surface area is 151 Å². The molecule has 2 aromatic heterocycles. The predicted molar refractivity (Wildman–Crippen MR) is 101 cm³/mol. The monoisotopic (exact) mass is 351 g/mol. The number of anilines is 1. The van der Waals surface area contributed by atoms with Crippen molar-refractivity contribution in [3.8, 4) is 0 Å². The van der Waals surface area contributed by atoms with Crippen molar-refractivity contribution in [3.63, 3.8) is 0 Å². The van der Waals surface area contributed by atoms with Crippen molar-refractivity contribution < 1.29 is 9.90 Å². The number of azo groups is 1. The molecule has 0 bridgehead atoms. The lowest BCUT2D eigenvalue weighted by Crippen LogP contribution is -2.21. The molecule has 0 saturated carbocycles. The average molecular weight is 351 g/mol. The molecule has 0 spiro atoms. The zero-order chi connectivity index (χ0) is 18.7. The molecule has 0 amide bonds. The minimum absolute atomic E-state index is 0.112. The summed E-state index contributed by atoms with van der Waals surface area (Å²) in [5.41, 5.74) is 3.19. The summed E-state index contributed by atoms with van der Waals surface area (Å²) in [6.07, 6.45) is 1.75. The van der Waals surface area contributed by atoms with Gasteiger partial charge in [-0.05, 0) is 62.7 Å². The van der Waals surface area contributed by atoms with Gasteiger partial charge in [0.15, 0.2) is 11.5 Å². The molecule has 2 heterocycles. The first kappa shape index (κ1) is 17.6. The average Bonchev–Trinajstić information content (AvgIpc) is 3.00. The highest BCUT2D eigenvalue weighted by Crippen LogP contribution is 2.26. The molecule has 3 aromatic rings. The van der Waals surface area contributed by atoms with Gasteiger partial charge in [0.2, 0.25) is 0 Å². The van der Waals surface area contributed by atoms with Crippen LogP contribution in [-0.2, 0) is 0 Å². The number of hydrogen-bond acceptors (Lipinski definition) is 5. The zero-order valence-corrected chi connectivity index (χ0v) is 15.0. The number of aromatic carboxylic acids is 1. The molecule has 0 fully saturated rings.